The van der Waals surface area contributed by atoms with Gasteiger partial charge in [0.1, 0.15) is 6.04 Å². The summed E-state index contributed by atoms with van der Waals surface area (Å²) < 4.78 is 0. The predicted molar refractivity (Wildman–Crippen MR) is 74.4 cm³/mol. The van der Waals surface area contributed by atoms with Gasteiger partial charge in [-0.3, -0.25) is 9.89 Å². The van der Waals surface area contributed by atoms with Gasteiger partial charge in [0.25, 0.3) is 5.91 Å². The van der Waals surface area contributed by atoms with Crippen molar-refractivity contribution >= 4 is 22.8 Å². The van der Waals surface area contributed by atoms with Crippen LogP contribution in [0.15, 0.2) is 24.4 Å². The van der Waals surface area contributed by atoms with Gasteiger partial charge in [-0.1, -0.05) is 26.8 Å². The average Bonchev–Trinajstić information content (AvgIpc) is 2.80. The Bertz CT molecular complexity index is 655. The van der Waals surface area contributed by atoms with Gasteiger partial charge in [-0.2, -0.15) is 5.10 Å². The number of carboxylic acids is 1. The maximum Gasteiger partial charge on any atom is 0.326 e. The Morgan fingerprint density at radius 3 is 2.65 bits per heavy atom. The fourth-order valence-corrected chi connectivity index (χ4v) is 1.94. The molecule has 3 N–H and O–H groups in total. The Balaban J connectivity index is 2.24. The summed E-state index contributed by atoms with van der Waals surface area (Å²) in [6.07, 6.45) is 1.66. The van der Waals surface area contributed by atoms with E-state index in [1.807, 2.05) is 0 Å². The second-order valence-electron chi connectivity index (χ2n) is 5.78. The summed E-state index contributed by atoms with van der Waals surface area (Å²) in [5.74, 6) is -1.46. The number of rotatable bonds is 3. The molecular weight excluding hydrogens is 258 g/mol. The number of carbonyl (C=O) groups is 2. The molecule has 1 amide bonds. The molecule has 0 spiro atoms. The molecule has 0 aliphatic carbocycles. The number of H-pyrrole nitrogens is 1. The van der Waals surface area contributed by atoms with E-state index in [1.165, 1.54) is 0 Å². The number of fused-ring (bicyclic) bond motifs is 1. The number of nitrogens with one attached hydrogen (secondary N) is 2. The highest BCUT2D eigenvalue weighted by atomic mass is 16.4. The topological polar surface area (TPSA) is 95.1 Å². The minimum atomic E-state index is -1.05. The standard InChI is InChI=1S/C14H17N3O3/c1-14(2,3)11(13(19)20)16-12(18)8-4-5-9-7-15-17-10(9)6-8/h4-7,11H,1-3H3,(H,15,17)(H,16,18)(H,19,20)/t11-/m0/s1. The first-order valence-corrected chi connectivity index (χ1v) is 6.26. The zero-order valence-electron chi connectivity index (χ0n) is 11.6. The van der Waals surface area contributed by atoms with Gasteiger partial charge in [-0.25, -0.2) is 4.79 Å². The van der Waals surface area contributed by atoms with Gasteiger partial charge in [0.05, 0.1) is 11.7 Å². The first kappa shape index (κ1) is 14.0. The second-order valence-corrected chi connectivity index (χ2v) is 5.78. The van der Waals surface area contributed by atoms with Gasteiger partial charge in [0.15, 0.2) is 0 Å². The van der Waals surface area contributed by atoms with Crippen molar-refractivity contribution in [2.75, 3.05) is 0 Å². The van der Waals surface area contributed by atoms with E-state index >= 15 is 0 Å². The minimum absolute atomic E-state index is 0.400. The number of nitrogens with zero attached hydrogens (tertiary/aromatic N) is 1. The summed E-state index contributed by atoms with van der Waals surface area (Å²) in [6.45, 7) is 5.30. The number of aromatic amines is 1. The van der Waals surface area contributed by atoms with Gasteiger partial charge in [-0.15, -0.1) is 0 Å². The fourth-order valence-electron chi connectivity index (χ4n) is 1.94. The van der Waals surface area contributed by atoms with E-state index in [-0.39, 0.29) is 0 Å². The zero-order chi connectivity index (χ0) is 14.9. The van der Waals surface area contributed by atoms with Gasteiger partial charge in [0.2, 0.25) is 0 Å². The third-order valence-electron chi connectivity index (χ3n) is 3.09. The number of carbonyl (C=O) groups excluding carboxylic acids is 1. The molecule has 6 heteroatoms. The van der Waals surface area contributed by atoms with Crippen LogP contribution in [0, 0.1) is 5.41 Å². The molecule has 0 saturated carbocycles. The van der Waals surface area contributed by atoms with Gasteiger partial charge < -0.3 is 10.4 Å². The molecule has 0 saturated heterocycles. The van der Waals surface area contributed by atoms with Crippen LogP contribution in [0.1, 0.15) is 31.1 Å². The van der Waals surface area contributed by atoms with Gasteiger partial charge >= 0.3 is 5.97 Å². The monoisotopic (exact) mass is 275 g/mol. The van der Waals surface area contributed by atoms with E-state index in [4.69, 9.17) is 0 Å². The molecule has 2 rings (SSSR count). The van der Waals surface area contributed by atoms with Crippen molar-refractivity contribution in [3.63, 3.8) is 0 Å². The molecule has 0 bridgehead atoms. The highest BCUT2D eigenvalue weighted by Crippen LogP contribution is 2.20. The Morgan fingerprint density at radius 2 is 2.05 bits per heavy atom. The largest absolute Gasteiger partial charge is 0.480 e. The van der Waals surface area contributed by atoms with Crippen LogP contribution in [0.25, 0.3) is 10.9 Å². The molecule has 0 aliphatic heterocycles. The van der Waals surface area contributed by atoms with E-state index in [2.05, 4.69) is 15.5 Å². The van der Waals surface area contributed by atoms with Crippen LogP contribution in [0.5, 0.6) is 0 Å². The summed E-state index contributed by atoms with van der Waals surface area (Å²) >= 11 is 0. The van der Waals surface area contributed by atoms with Crippen LogP contribution >= 0.6 is 0 Å². The number of aliphatic carboxylic acids is 1. The normalized spacial score (nSPS) is 13.2. The van der Waals surface area contributed by atoms with Crippen LogP contribution in [0.2, 0.25) is 0 Å². The molecule has 0 fully saturated rings. The SMILES string of the molecule is CC(C)(C)[C@@H](NC(=O)c1ccc2cn[nH]c2c1)C(=O)O. The molecule has 1 atom stereocenters. The Labute approximate surface area is 116 Å². The molecule has 1 aromatic heterocycles. The van der Waals surface area contributed by atoms with E-state index < -0.39 is 23.3 Å². The van der Waals surface area contributed by atoms with Crippen molar-refractivity contribution in [1.82, 2.24) is 15.5 Å². The van der Waals surface area contributed by atoms with Crippen LogP contribution in [-0.2, 0) is 4.79 Å². The van der Waals surface area contributed by atoms with Crippen LogP contribution in [0.3, 0.4) is 0 Å². The number of hydrogen-bond donors (Lipinski definition) is 3. The van der Waals surface area contributed by atoms with E-state index in [0.717, 1.165) is 10.9 Å². The van der Waals surface area contributed by atoms with Crippen molar-refractivity contribution in [3.05, 3.63) is 30.0 Å². The van der Waals surface area contributed by atoms with E-state index in [0.29, 0.717) is 5.56 Å². The van der Waals surface area contributed by atoms with Crippen molar-refractivity contribution in [2.24, 2.45) is 5.41 Å². The Kier molecular flexibility index (Phi) is 3.48. The molecule has 2 aromatic rings. The smallest absolute Gasteiger partial charge is 0.326 e. The Morgan fingerprint density at radius 1 is 1.35 bits per heavy atom. The second kappa shape index (κ2) is 4.96. The molecular formula is C14H17N3O3. The van der Waals surface area contributed by atoms with Crippen LogP contribution in [0.4, 0.5) is 0 Å². The van der Waals surface area contributed by atoms with Crippen molar-refractivity contribution in [3.8, 4) is 0 Å². The molecule has 0 aliphatic rings. The number of benzene rings is 1. The predicted octanol–water partition coefficient (Wildman–Crippen LogP) is 1.79. The summed E-state index contributed by atoms with van der Waals surface area (Å²) in [4.78, 5) is 23.4. The van der Waals surface area contributed by atoms with Crippen LogP contribution in [-0.4, -0.2) is 33.2 Å². The van der Waals surface area contributed by atoms with Crippen molar-refractivity contribution in [1.29, 1.82) is 0 Å². The highest BCUT2D eigenvalue weighted by molar-refractivity contribution is 5.99. The number of amides is 1. The molecule has 6 nitrogen and oxygen atoms in total. The summed E-state index contributed by atoms with van der Waals surface area (Å²) in [5, 5.41) is 19.3. The quantitative estimate of drug-likeness (QED) is 0.795. The summed E-state index contributed by atoms with van der Waals surface area (Å²) in [6, 6.07) is 4.11. The Hall–Kier alpha value is -2.37. The molecule has 20 heavy (non-hydrogen) atoms. The average molecular weight is 275 g/mol. The summed E-state index contributed by atoms with van der Waals surface area (Å²) in [5.41, 5.74) is 0.567. The molecule has 106 valence electrons. The molecule has 0 unspecified atom stereocenters. The first-order valence-electron chi connectivity index (χ1n) is 6.26. The van der Waals surface area contributed by atoms with Crippen LogP contribution < -0.4 is 5.32 Å². The number of aromatic nitrogens is 2. The number of carboxylic acid groups (broad SMARTS) is 1. The lowest BCUT2D eigenvalue weighted by Gasteiger charge is -2.27. The third kappa shape index (κ3) is 2.79. The van der Waals surface area contributed by atoms with Crippen molar-refractivity contribution in [2.45, 2.75) is 26.8 Å². The molecule has 1 aromatic carbocycles. The van der Waals surface area contributed by atoms with E-state index in [1.54, 1.807) is 45.2 Å². The highest BCUT2D eigenvalue weighted by Gasteiger charge is 2.32. The first-order chi connectivity index (χ1) is 9.29. The lowest BCUT2D eigenvalue weighted by atomic mass is 9.86. The minimum Gasteiger partial charge on any atom is -0.480 e. The van der Waals surface area contributed by atoms with Gasteiger partial charge in [-0.05, 0) is 17.5 Å². The fraction of sp³-hybridized carbons (Fsp3) is 0.357. The van der Waals surface area contributed by atoms with E-state index in [9.17, 15) is 14.7 Å². The molecule has 1 heterocycles. The number of hydrogen-bond acceptors (Lipinski definition) is 3. The maximum atomic E-state index is 12.2. The maximum absolute atomic E-state index is 12.2. The molecule has 0 radical (unpaired) electrons. The third-order valence-corrected chi connectivity index (χ3v) is 3.09. The summed E-state index contributed by atoms with van der Waals surface area (Å²) in [7, 11) is 0. The zero-order valence-corrected chi connectivity index (χ0v) is 11.6. The van der Waals surface area contributed by atoms with Crippen molar-refractivity contribution < 1.29 is 14.7 Å². The van der Waals surface area contributed by atoms with Gasteiger partial charge in [0, 0.05) is 10.9 Å². The lowest BCUT2D eigenvalue weighted by molar-refractivity contribution is -0.142. The lowest BCUT2D eigenvalue weighted by Crippen LogP contribution is -2.49.